The lowest BCUT2D eigenvalue weighted by molar-refractivity contribution is -0.343. The normalized spacial score (nSPS) is 14.2. The summed E-state index contributed by atoms with van der Waals surface area (Å²) in [6, 6.07) is 1.56. The van der Waals surface area contributed by atoms with Gasteiger partial charge in [0.15, 0.2) is 0 Å². The fourth-order valence-corrected chi connectivity index (χ4v) is 1.91. The summed E-state index contributed by atoms with van der Waals surface area (Å²) in [5, 5.41) is 1.50. The van der Waals surface area contributed by atoms with Crippen LogP contribution in [0.15, 0.2) is 18.2 Å². The Balaban J connectivity index is 3.35. The summed E-state index contributed by atoms with van der Waals surface area (Å²) < 4.78 is 178. The number of aryl methyl sites for hydroxylation is 1. The van der Waals surface area contributed by atoms with Gasteiger partial charge in [0, 0.05) is 0 Å². The first kappa shape index (κ1) is 28.2. The molecule has 0 aliphatic carbocycles. The summed E-state index contributed by atoms with van der Waals surface area (Å²) in [7, 11) is 0. The Kier molecular flexibility index (Phi) is 7.00. The van der Waals surface area contributed by atoms with Crippen LogP contribution in [0.25, 0.3) is 0 Å². The maximum atomic E-state index is 13.4. The molecule has 0 spiro atoms. The van der Waals surface area contributed by atoms with E-state index in [2.05, 4.69) is 0 Å². The van der Waals surface area contributed by atoms with Crippen molar-refractivity contribution in [3.05, 3.63) is 23.8 Å². The van der Waals surface area contributed by atoms with Crippen LogP contribution >= 0.6 is 0 Å². The molecule has 0 aliphatic rings. The highest BCUT2D eigenvalue weighted by Gasteiger charge is 2.77. The highest BCUT2D eigenvalue weighted by Crippen LogP contribution is 2.48. The molecule has 4 nitrogen and oxygen atoms in total. The van der Waals surface area contributed by atoms with Crippen molar-refractivity contribution in [2.45, 2.75) is 43.0 Å². The van der Waals surface area contributed by atoms with E-state index in [-0.39, 0.29) is 5.56 Å². The monoisotopic (exact) mass is 514 g/mol. The summed E-state index contributed by atoms with van der Waals surface area (Å²) in [5.74, 6) is -33.7. The topological polar surface area (TPSA) is 58.2 Å². The number of anilines is 2. The molecule has 0 saturated heterocycles. The molecule has 0 saturated carbocycles. The van der Waals surface area contributed by atoms with E-state index in [0.717, 1.165) is 23.6 Å². The van der Waals surface area contributed by atoms with E-state index in [0.29, 0.717) is 12.1 Å². The molecule has 0 aromatic heterocycles. The van der Waals surface area contributed by atoms with Crippen molar-refractivity contribution in [3.63, 3.8) is 0 Å². The van der Waals surface area contributed by atoms with Crippen LogP contribution in [0.2, 0.25) is 0 Å². The minimum atomic E-state index is -6.95. The van der Waals surface area contributed by atoms with Crippen LogP contribution in [0, 0.1) is 6.92 Å². The fourth-order valence-electron chi connectivity index (χ4n) is 1.91. The van der Waals surface area contributed by atoms with E-state index in [1.165, 1.54) is 0 Å². The number of amides is 2. The second-order valence-corrected chi connectivity index (χ2v) is 6.25. The Bertz CT molecular complexity index is 920. The Morgan fingerprint density at radius 1 is 0.606 bits per heavy atom. The summed E-state index contributed by atoms with van der Waals surface area (Å²) in [4.78, 5) is 22.8. The maximum absolute atomic E-state index is 13.4. The van der Waals surface area contributed by atoms with Crippen molar-refractivity contribution >= 4 is 23.2 Å². The van der Waals surface area contributed by atoms with E-state index in [9.17, 15) is 71.1 Å². The molecule has 0 fully saturated rings. The molecule has 1 aromatic rings. The molecule has 188 valence electrons. The van der Waals surface area contributed by atoms with Gasteiger partial charge >= 0.3 is 47.9 Å². The average Bonchev–Trinajstić information content (AvgIpc) is 2.61. The predicted octanol–water partition coefficient (Wildman–Crippen LogP) is 5.54. The van der Waals surface area contributed by atoms with Crippen LogP contribution in [0.3, 0.4) is 0 Å². The van der Waals surface area contributed by atoms with Gasteiger partial charge in [-0.2, -0.15) is 61.5 Å². The molecule has 1 aromatic carbocycles. The largest absolute Gasteiger partial charge is 0.460 e. The van der Waals surface area contributed by atoms with E-state index in [1.807, 2.05) is 0 Å². The number of benzene rings is 1. The van der Waals surface area contributed by atoms with Gasteiger partial charge in [0.25, 0.3) is 0 Å². The maximum Gasteiger partial charge on any atom is 0.460 e. The zero-order chi connectivity index (χ0) is 26.4. The SMILES string of the molecule is Cc1ccc(NC(=O)C(F)(F)C(F)(F)C(F)(F)F)c(NC(=O)C(F)(F)C(F)(F)C(F)(F)F)c1. The standard InChI is InChI=1S/C15H8F14N2O2/c1-5-2-3-6(30-8(32)10(16,17)12(20,21)14(24,25)26)7(4-5)31-9(33)11(18,19)13(22,23)15(27,28)29/h2-4H,1H3,(H,30,32)(H,31,33). The summed E-state index contributed by atoms with van der Waals surface area (Å²) >= 11 is 0. The lowest BCUT2D eigenvalue weighted by Crippen LogP contribution is -2.58. The van der Waals surface area contributed by atoms with Gasteiger partial charge in [-0.1, -0.05) is 6.07 Å². The van der Waals surface area contributed by atoms with Crippen molar-refractivity contribution in [2.24, 2.45) is 0 Å². The molecule has 18 heteroatoms. The van der Waals surface area contributed by atoms with Crippen LogP contribution in [-0.4, -0.2) is 47.9 Å². The highest BCUT2D eigenvalue weighted by molar-refractivity contribution is 6.04. The van der Waals surface area contributed by atoms with Crippen molar-refractivity contribution in [3.8, 4) is 0 Å². The number of hydrogen-bond acceptors (Lipinski definition) is 2. The zero-order valence-corrected chi connectivity index (χ0v) is 15.3. The fraction of sp³-hybridized carbons (Fsp3) is 0.467. The molecule has 33 heavy (non-hydrogen) atoms. The van der Waals surface area contributed by atoms with Gasteiger partial charge in [-0.15, -0.1) is 0 Å². The number of rotatable bonds is 6. The number of halogens is 14. The Morgan fingerprint density at radius 2 is 0.939 bits per heavy atom. The average molecular weight is 514 g/mol. The number of carbonyl (C=O) groups is 2. The molecular formula is C15H8F14N2O2. The molecular weight excluding hydrogens is 506 g/mol. The van der Waals surface area contributed by atoms with Crippen molar-refractivity contribution in [1.29, 1.82) is 0 Å². The molecule has 1 rings (SSSR count). The molecule has 2 amide bonds. The molecule has 0 bridgehead atoms. The quantitative estimate of drug-likeness (QED) is 0.491. The van der Waals surface area contributed by atoms with E-state index in [4.69, 9.17) is 0 Å². The van der Waals surface area contributed by atoms with Crippen molar-refractivity contribution < 1.29 is 71.1 Å². The van der Waals surface area contributed by atoms with Gasteiger partial charge in [0.1, 0.15) is 0 Å². The number of alkyl halides is 14. The second-order valence-electron chi connectivity index (χ2n) is 6.25. The highest BCUT2D eigenvalue weighted by atomic mass is 19.4. The van der Waals surface area contributed by atoms with Crippen molar-refractivity contribution in [2.75, 3.05) is 10.6 Å². The summed E-state index contributed by atoms with van der Waals surface area (Å²) in [6.07, 6.45) is -13.9. The van der Waals surface area contributed by atoms with E-state index < -0.39 is 59.2 Å². The van der Waals surface area contributed by atoms with Crippen LogP contribution in [0.4, 0.5) is 72.8 Å². The first-order valence-electron chi connectivity index (χ1n) is 7.79. The predicted molar refractivity (Wildman–Crippen MR) is 80.3 cm³/mol. The third-order valence-corrected chi connectivity index (χ3v) is 3.74. The summed E-state index contributed by atoms with van der Waals surface area (Å²) in [5.41, 5.74) is -2.97. The van der Waals surface area contributed by atoms with Crippen LogP contribution in [-0.2, 0) is 9.59 Å². The lowest BCUT2D eigenvalue weighted by atomic mass is 10.1. The number of hydrogen-bond donors (Lipinski definition) is 2. The van der Waals surface area contributed by atoms with Crippen molar-refractivity contribution in [1.82, 2.24) is 0 Å². The van der Waals surface area contributed by atoms with E-state index >= 15 is 0 Å². The van der Waals surface area contributed by atoms with Crippen LogP contribution < -0.4 is 10.6 Å². The Labute approximate surface area is 172 Å². The van der Waals surface area contributed by atoms with Gasteiger partial charge < -0.3 is 10.6 Å². The smallest absolute Gasteiger partial charge is 0.319 e. The minimum Gasteiger partial charge on any atom is -0.319 e. The van der Waals surface area contributed by atoms with Crippen LogP contribution in [0.5, 0.6) is 0 Å². The van der Waals surface area contributed by atoms with Gasteiger partial charge in [0.2, 0.25) is 0 Å². The van der Waals surface area contributed by atoms with Gasteiger partial charge in [-0.05, 0) is 24.6 Å². The van der Waals surface area contributed by atoms with Gasteiger partial charge in [0.05, 0.1) is 11.4 Å². The lowest BCUT2D eigenvalue weighted by Gasteiger charge is -2.28. The van der Waals surface area contributed by atoms with E-state index in [1.54, 1.807) is 0 Å². The first-order valence-corrected chi connectivity index (χ1v) is 7.79. The first-order chi connectivity index (χ1) is 14.4. The third kappa shape index (κ3) is 4.92. The number of carbonyl (C=O) groups excluding carboxylic acids is 2. The minimum absolute atomic E-state index is 0.151. The molecule has 0 radical (unpaired) electrons. The number of nitrogens with one attached hydrogen (secondary N) is 2. The third-order valence-electron chi connectivity index (χ3n) is 3.74. The van der Waals surface area contributed by atoms with Gasteiger partial charge in [-0.25, -0.2) is 0 Å². The van der Waals surface area contributed by atoms with Crippen LogP contribution in [0.1, 0.15) is 5.56 Å². The van der Waals surface area contributed by atoms with Gasteiger partial charge in [-0.3, -0.25) is 9.59 Å². The molecule has 2 N–H and O–H groups in total. The second kappa shape index (κ2) is 8.19. The Morgan fingerprint density at radius 3 is 1.27 bits per heavy atom. The molecule has 0 unspecified atom stereocenters. The molecule has 0 heterocycles. The molecule has 0 atom stereocenters. The molecule has 0 aliphatic heterocycles. The summed E-state index contributed by atoms with van der Waals surface area (Å²) in [6.45, 7) is 1.05. The Hall–Kier alpha value is -2.82. The zero-order valence-electron chi connectivity index (χ0n) is 15.3.